The summed E-state index contributed by atoms with van der Waals surface area (Å²) in [5.74, 6) is 3.21. The number of nitrogens with zero attached hydrogens (tertiary/aromatic N) is 8. The molecule has 8 aliphatic rings. The summed E-state index contributed by atoms with van der Waals surface area (Å²) in [5.41, 5.74) is 51.1. The number of amides is 4. The first kappa shape index (κ1) is 87.7. The Hall–Kier alpha value is -12.3. The van der Waals surface area contributed by atoms with Gasteiger partial charge in [0.05, 0.1) is 94.0 Å². The predicted molar refractivity (Wildman–Crippen MR) is 510 cm³/mol. The number of nitrogens with one attached hydrogen (secondary N) is 4. The molecule has 0 saturated heterocycles. The minimum Gasteiger partial charge on any atom is -0.508 e. The Balaban J connectivity index is 0.000000120. The van der Waals surface area contributed by atoms with Gasteiger partial charge in [0, 0.05) is 78.2 Å². The van der Waals surface area contributed by atoms with E-state index in [0.717, 1.165) is 243 Å². The summed E-state index contributed by atoms with van der Waals surface area (Å²) in [6, 6.07) is 52.0. The van der Waals surface area contributed by atoms with E-state index in [0.29, 0.717) is 58.4 Å². The number of nitrogen functional groups attached to an aromatic ring is 4. The summed E-state index contributed by atoms with van der Waals surface area (Å²) in [5, 5.41) is 22.4. The number of nitrogens with two attached hydrogens (primary N) is 4. The van der Waals surface area contributed by atoms with E-state index in [1.54, 1.807) is 48.5 Å². The molecule has 8 aromatic carbocycles. The van der Waals surface area contributed by atoms with E-state index in [1.165, 1.54) is 111 Å². The number of aromatic hydroxyl groups is 1. The number of aromatic nitrogens is 8. The van der Waals surface area contributed by atoms with Gasteiger partial charge in [0.1, 0.15) is 11.6 Å². The van der Waals surface area contributed by atoms with Crippen LogP contribution in [0, 0.1) is 5.82 Å². The SMILES string of the molecule is Nc1ccc2c(c1)CCc1nc(NC(=O)Cc3ccc(Br)cc3)c(C3CCCCC3)nc1-2.Nc1ccc2c(c1)CCc1nc(NC(=O)Cc3ccc(Cl)cc3)c(C3CCCCC3)nc1-2.Nc1ccc2c(c1)CCc1nc(NC(=O)Cc3ccc(F)cc3)c(C3CCCCC3)nc1-2.Nc1ccc2c(c1)CCc1nc(NC(=O)Cc3ccc(O)cc3)c(C3CCCCC3)nc1-2. The number of hydrogen-bond donors (Lipinski definition) is 9. The fraction of sp³-hybridized carbons (Fsp3) is 0.346. The molecule has 13 N–H and O–H groups in total. The first-order chi connectivity index (χ1) is 62.3. The van der Waals surface area contributed by atoms with Crippen LogP contribution in [0.3, 0.4) is 0 Å². The summed E-state index contributed by atoms with van der Waals surface area (Å²) in [4.78, 5) is 91.8. The first-order valence-electron chi connectivity index (χ1n) is 45.7. The second kappa shape index (κ2) is 40.3. The standard InChI is InChI=1S/C26H27BrN4O.C26H27ClN4O.C26H27FN4O.C26H28N4O2/c3*27-19-9-6-16(7-10-19)14-23(32)30-26-24(17-4-2-1-3-5-17)31-25-21-12-11-20(28)15-18(21)8-13-22(25)29-26;27-19-9-12-21-18(15-19)8-13-22-25(21)30-24(17-4-2-1-3-5-17)26(28-22)29-23(32)14-16-6-10-20(31)11-7-16/h3*6-7,9-12,15,17H,1-5,8,13-14,28H2,(H,29,30,32);6-7,9-12,15,17,31H,1-5,8,13-14,27H2,(H,28,29,32). The van der Waals surface area contributed by atoms with E-state index in [2.05, 4.69) is 49.3 Å². The Bertz CT molecular complexity index is 5360. The fourth-order valence-corrected chi connectivity index (χ4v) is 20.0. The second-order valence-electron chi connectivity index (χ2n) is 35.5. The van der Waals surface area contributed by atoms with Gasteiger partial charge in [0.2, 0.25) is 23.6 Å². The number of rotatable bonds is 16. The van der Waals surface area contributed by atoms with Crippen LogP contribution in [-0.2, 0) is 96.2 Å². The van der Waals surface area contributed by atoms with Gasteiger partial charge in [-0.2, -0.15) is 0 Å². The zero-order valence-corrected chi connectivity index (χ0v) is 74.5. The van der Waals surface area contributed by atoms with Crippen molar-refractivity contribution in [2.45, 2.75) is 229 Å². The van der Waals surface area contributed by atoms with Gasteiger partial charge in [0.15, 0.2) is 23.3 Å². The summed E-state index contributed by atoms with van der Waals surface area (Å²) < 4.78 is 14.2. The number of benzene rings is 8. The Morgan fingerprint density at radius 3 is 0.836 bits per heavy atom. The van der Waals surface area contributed by atoms with Crippen molar-refractivity contribution in [2.75, 3.05) is 44.2 Å². The summed E-state index contributed by atoms with van der Waals surface area (Å²) in [6.07, 6.45) is 30.7. The van der Waals surface area contributed by atoms with E-state index in [1.807, 2.05) is 97.1 Å². The molecule has 4 aromatic heterocycles. The van der Waals surface area contributed by atoms with Crippen LogP contribution < -0.4 is 44.2 Å². The molecule has 0 bridgehead atoms. The molecule has 20 rings (SSSR count). The zero-order chi connectivity index (χ0) is 88.3. The van der Waals surface area contributed by atoms with E-state index >= 15 is 0 Å². The Morgan fingerprint density at radius 2 is 0.570 bits per heavy atom. The number of halogens is 3. The number of phenols is 1. The van der Waals surface area contributed by atoms with E-state index in [4.69, 9.17) is 74.4 Å². The lowest BCUT2D eigenvalue weighted by Crippen LogP contribution is -2.21. The lowest BCUT2D eigenvalue weighted by molar-refractivity contribution is -0.116. The van der Waals surface area contributed by atoms with E-state index in [-0.39, 0.29) is 54.5 Å². The summed E-state index contributed by atoms with van der Waals surface area (Å²) >= 11 is 9.41. The molecule has 4 saturated carbocycles. The van der Waals surface area contributed by atoms with Crippen LogP contribution in [0.2, 0.25) is 5.02 Å². The molecule has 0 aliphatic heterocycles. The van der Waals surface area contributed by atoms with Gasteiger partial charge >= 0.3 is 0 Å². The number of aryl methyl sites for hydroxylation is 8. The molecule has 4 heterocycles. The smallest absolute Gasteiger partial charge is 0.229 e. The molecule has 4 amide bonds. The average Bonchev–Trinajstić information content (AvgIpc) is 0.778. The topological polar surface area (TPSA) is 344 Å². The lowest BCUT2D eigenvalue weighted by atomic mass is 9.85. The predicted octanol–water partition coefficient (Wildman–Crippen LogP) is 21.5. The Labute approximate surface area is 760 Å². The third-order valence-electron chi connectivity index (χ3n) is 26.2. The highest BCUT2D eigenvalue weighted by atomic mass is 79.9. The van der Waals surface area contributed by atoms with Gasteiger partial charge < -0.3 is 49.3 Å². The third-order valence-corrected chi connectivity index (χ3v) is 27.0. The highest BCUT2D eigenvalue weighted by Crippen LogP contribution is 2.46. The van der Waals surface area contributed by atoms with Crippen molar-refractivity contribution >= 4 is 97.2 Å². The van der Waals surface area contributed by atoms with Gasteiger partial charge in [-0.3, -0.25) is 19.2 Å². The minimum atomic E-state index is -0.309. The molecular weight excluding hydrogens is 1690 g/mol. The molecule has 0 atom stereocenters. The molecule has 8 aliphatic carbocycles. The first-order valence-corrected chi connectivity index (χ1v) is 46.8. The van der Waals surface area contributed by atoms with Gasteiger partial charge in [0.25, 0.3) is 0 Å². The molecule has 0 unspecified atom stereocenters. The van der Waals surface area contributed by atoms with Crippen molar-refractivity contribution in [1.29, 1.82) is 0 Å². The number of fused-ring (bicyclic) bond motifs is 12. The fourth-order valence-electron chi connectivity index (χ4n) is 19.6. The van der Waals surface area contributed by atoms with Crippen LogP contribution in [0.5, 0.6) is 5.75 Å². The molecular formula is C104H109BrClFN16O5. The lowest BCUT2D eigenvalue weighted by Gasteiger charge is -2.26. The van der Waals surface area contributed by atoms with Crippen LogP contribution in [0.25, 0.3) is 45.0 Å². The van der Waals surface area contributed by atoms with Gasteiger partial charge in [-0.05, 0) is 244 Å². The summed E-state index contributed by atoms with van der Waals surface area (Å²) in [6.45, 7) is 0. The number of phenolic OH excluding ortho intramolecular Hbond substituents is 1. The molecule has 21 nitrogen and oxygen atoms in total. The molecule has 0 radical (unpaired) electrons. The van der Waals surface area contributed by atoms with Crippen molar-refractivity contribution in [2.24, 2.45) is 0 Å². The molecule has 0 spiro atoms. The molecule has 24 heteroatoms. The van der Waals surface area contributed by atoms with Crippen LogP contribution in [0.4, 0.5) is 50.4 Å². The van der Waals surface area contributed by atoms with E-state index in [9.17, 15) is 28.7 Å². The number of carbonyl (C=O) groups is 4. The molecule has 128 heavy (non-hydrogen) atoms. The van der Waals surface area contributed by atoms with Crippen LogP contribution >= 0.6 is 27.5 Å². The van der Waals surface area contributed by atoms with Crippen molar-refractivity contribution in [3.63, 3.8) is 0 Å². The van der Waals surface area contributed by atoms with Gasteiger partial charge in [-0.15, -0.1) is 0 Å². The van der Waals surface area contributed by atoms with E-state index < -0.39 is 0 Å². The Morgan fingerprint density at radius 1 is 0.328 bits per heavy atom. The summed E-state index contributed by atoms with van der Waals surface area (Å²) in [7, 11) is 0. The van der Waals surface area contributed by atoms with Gasteiger partial charge in [-0.25, -0.2) is 44.3 Å². The maximum atomic E-state index is 13.2. The monoisotopic (exact) mass is 1790 g/mol. The van der Waals surface area contributed by atoms with Crippen molar-refractivity contribution < 1.29 is 28.7 Å². The maximum Gasteiger partial charge on any atom is 0.229 e. The average molecular weight is 1800 g/mol. The number of carbonyl (C=O) groups excluding carboxylic acids is 4. The van der Waals surface area contributed by atoms with Crippen LogP contribution in [-0.4, -0.2) is 68.6 Å². The number of hydrogen-bond acceptors (Lipinski definition) is 17. The molecule has 4 fully saturated rings. The molecule has 656 valence electrons. The van der Waals surface area contributed by atoms with Crippen LogP contribution in [0.15, 0.2) is 174 Å². The third kappa shape index (κ3) is 21.4. The van der Waals surface area contributed by atoms with Crippen molar-refractivity contribution in [1.82, 2.24) is 39.9 Å². The number of anilines is 8. The van der Waals surface area contributed by atoms with Crippen molar-refractivity contribution in [3.8, 4) is 50.8 Å². The quantitative estimate of drug-likeness (QED) is 0.0406. The van der Waals surface area contributed by atoms with Gasteiger partial charge in [-0.1, -0.05) is 177 Å². The van der Waals surface area contributed by atoms with Crippen molar-refractivity contribution in [3.05, 3.63) is 275 Å². The zero-order valence-electron chi connectivity index (χ0n) is 72.2. The normalized spacial score (nSPS) is 15.6. The second-order valence-corrected chi connectivity index (χ2v) is 36.8. The highest BCUT2D eigenvalue weighted by molar-refractivity contribution is 9.10. The minimum absolute atomic E-state index is 0.0531. The largest absolute Gasteiger partial charge is 0.508 e. The maximum absolute atomic E-state index is 13.2. The molecule has 12 aromatic rings. The van der Waals surface area contributed by atoms with Crippen LogP contribution in [0.1, 0.15) is 242 Å². The highest BCUT2D eigenvalue weighted by Gasteiger charge is 2.34. The Kier molecular flexibility index (Phi) is 27.6.